The van der Waals surface area contributed by atoms with E-state index in [1.54, 1.807) is 18.2 Å². The van der Waals surface area contributed by atoms with Crippen LogP contribution in [0.1, 0.15) is 12.0 Å². The second kappa shape index (κ2) is 8.70. The summed E-state index contributed by atoms with van der Waals surface area (Å²) < 4.78 is 16.3. The Labute approximate surface area is 160 Å². The maximum atomic E-state index is 12.1. The van der Waals surface area contributed by atoms with Gasteiger partial charge in [-0.3, -0.25) is 14.9 Å². The van der Waals surface area contributed by atoms with Gasteiger partial charge < -0.3 is 19.5 Å². The molecule has 0 spiro atoms. The van der Waals surface area contributed by atoms with Crippen molar-refractivity contribution in [2.24, 2.45) is 0 Å². The molecule has 9 heteroatoms. The summed E-state index contributed by atoms with van der Waals surface area (Å²) >= 11 is 6.02. The lowest BCUT2D eigenvalue weighted by Crippen LogP contribution is -2.19. The summed E-state index contributed by atoms with van der Waals surface area (Å²) in [6.45, 7) is 0.706. The van der Waals surface area contributed by atoms with Crippen LogP contribution in [0.15, 0.2) is 36.4 Å². The summed E-state index contributed by atoms with van der Waals surface area (Å²) in [5, 5.41) is 14.4. The molecule has 1 aliphatic rings. The molecule has 0 bridgehead atoms. The van der Waals surface area contributed by atoms with Gasteiger partial charge in [-0.15, -0.1) is 0 Å². The summed E-state index contributed by atoms with van der Waals surface area (Å²) in [5.74, 6) is 0.109. The Bertz CT molecular complexity index is 858. The molecule has 0 radical (unpaired) electrons. The van der Waals surface area contributed by atoms with Crippen molar-refractivity contribution < 1.29 is 23.9 Å². The van der Waals surface area contributed by atoms with Gasteiger partial charge in [-0.1, -0.05) is 29.8 Å². The fourth-order valence-electron chi connectivity index (χ4n) is 2.50. The van der Waals surface area contributed by atoms with Crippen molar-refractivity contribution in [1.29, 1.82) is 0 Å². The third kappa shape index (κ3) is 4.87. The molecule has 1 amide bonds. The second-order valence-electron chi connectivity index (χ2n) is 5.76. The lowest BCUT2D eigenvalue weighted by atomic mass is 10.2. The van der Waals surface area contributed by atoms with Crippen LogP contribution in [0.2, 0.25) is 5.02 Å². The van der Waals surface area contributed by atoms with Crippen molar-refractivity contribution in [3.05, 3.63) is 57.1 Å². The van der Waals surface area contributed by atoms with E-state index in [9.17, 15) is 14.9 Å². The highest BCUT2D eigenvalue weighted by atomic mass is 35.5. The van der Waals surface area contributed by atoms with Crippen LogP contribution >= 0.6 is 11.6 Å². The molecule has 0 saturated carbocycles. The van der Waals surface area contributed by atoms with Gasteiger partial charge in [0.15, 0.2) is 11.5 Å². The zero-order chi connectivity index (χ0) is 19.2. The van der Waals surface area contributed by atoms with Gasteiger partial charge >= 0.3 is 0 Å². The minimum atomic E-state index is -0.589. The monoisotopic (exact) mass is 392 g/mol. The maximum Gasteiger partial charge on any atom is 0.296 e. The topological polar surface area (TPSA) is 99.9 Å². The minimum Gasteiger partial charge on any atom is -0.489 e. The molecule has 2 aromatic carbocycles. The average molecular weight is 393 g/mol. The molecule has 1 aliphatic heterocycles. The smallest absolute Gasteiger partial charge is 0.296 e. The van der Waals surface area contributed by atoms with E-state index >= 15 is 0 Å². The fourth-order valence-corrected chi connectivity index (χ4v) is 2.69. The molecule has 0 aromatic heterocycles. The largest absolute Gasteiger partial charge is 0.489 e. The third-order valence-electron chi connectivity index (χ3n) is 3.79. The van der Waals surface area contributed by atoms with Crippen LogP contribution in [0, 0.1) is 10.1 Å². The second-order valence-corrected chi connectivity index (χ2v) is 6.16. The number of rotatable bonds is 6. The lowest BCUT2D eigenvalue weighted by Gasteiger charge is -2.11. The van der Waals surface area contributed by atoms with Crippen LogP contribution in [0.25, 0.3) is 0 Å². The van der Waals surface area contributed by atoms with Gasteiger partial charge in [0.1, 0.15) is 12.3 Å². The zero-order valence-electron chi connectivity index (χ0n) is 14.3. The van der Waals surface area contributed by atoms with Crippen LogP contribution in [0.3, 0.4) is 0 Å². The summed E-state index contributed by atoms with van der Waals surface area (Å²) in [5.41, 5.74) is 0.489. The highest BCUT2D eigenvalue weighted by molar-refractivity contribution is 6.31. The Morgan fingerprint density at radius 1 is 1.22 bits per heavy atom. The van der Waals surface area contributed by atoms with E-state index in [-0.39, 0.29) is 30.3 Å². The molecule has 1 heterocycles. The van der Waals surface area contributed by atoms with Crippen molar-refractivity contribution in [2.75, 3.05) is 25.1 Å². The number of nitro benzene ring substituents is 1. The first-order chi connectivity index (χ1) is 13.0. The highest BCUT2D eigenvalue weighted by Gasteiger charge is 2.23. The first-order valence-electron chi connectivity index (χ1n) is 8.23. The van der Waals surface area contributed by atoms with Crippen LogP contribution in [0.5, 0.6) is 11.5 Å². The number of halogens is 1. The Hall–Kier alpha value is -2.84. The molecule has 27 heavy (non-hydrogen) atoms. The summed E-state index contributed by atoms with van der Waals surface area (Å²) in [6, 6.07) is 9.76. The summed E-state index contributed by atoms with van der Waals surface area (Å²) in [6.07, 6.45) is 0.667. The molecular formula is C18H17ClN2O6. The number of anilines is 1. The van der Waals surface area contributed by atoms with E-state index in [0.29, 0.717) is 30.4 Å². The van der Waals surface area contributed by atoms with Gasteiger partial charge in [0.2, 0.25) is 0 Å². The summed E-state index contributed by atoms with van der Waals surface area (Å²) in [4.78, 5) is 22.9. The van der Waals surface area contributed by atoms with Crippen molar-refractivity contribution in [1.82, 2.24) is 0 Å². The maximum absolute atomic E-state index is 12.1. The first-order valence-corrected chi connectivity index (χ1v) is 8.61. The van der Waals surface area contributed by atoms with Crippen LogP contribution < -0.4 is 14.8 Å². The van der Waals surface area contributed by atoms with Gasteiger partial charge in [-0.2, -0.15) is 0 Å². The van der Waals surface area contributed by atoms with E-state index < -0.39 is 10.8 Å². The summed E-state index contributed by atoms with van der Waals surface area (Å²) in [7, 11) is 0. The fraction of sp³-hybridized carbons (Fsp3) is 0.278. The van der Waals surface area contributed by atoms with Crippen LogP contribution in [-0.4, -0.2) is 30.7 Å². The normalized spacial score (nSPS) is 12.9. The highest BCUT2D eigenvalue weighted by Crippen LogP contribution is 2.39. The van der Waals surface area contributed by atoms with Gasteiger partial charge in [-0.25, -0.2) is 0 Å². The van der Waals surface area contributed by atoms with Crippen molar-refractivity contribution in [2.45, 2.75) is 13.0 Å². The quantitative estimate of drug-likeness (QED) is 0.596. The van der Waals surface area contributed by atoms with Crippen molar-refractivity contribution in [3.8, 4) is 11.5 Å². The van der Waals surface area contributed by atoms with Crippen molar-refractivity contribution >= 4 is 28.9 Å². The number of fused-ring (bicyclic) bond motifs is 1. The predicted octanol–water partition coefficient (Wildman–Crippen LogP) is 3.56. The number of nitrogens with one attached hydrogen (secondary N) is 1. The molecule has 1 N–H and O–H groups in total. The van der Waals surface area contributed by atoms with Crippen molar-refractivity contribution in [3.63, 3.8) is 0 Å². The molecule has 3 rings (SSSR count). The van der Waals surface area contributed by atoms with Gasteiger partial charge in [0, 0.05) is 17.5 Å². The number of hydrogen-bond donors (Lipinski definition) is 1. The number of ether oxygens (including phenoxy) is 3. The van der Waals surface area contributed by atoms with Gasteiger partial charge in [-0.05, 0) is 11.6 Å². The third-order valence-corrected chi connectivity index (χ3v) is 4.15. The molecule has 0 fully saturated rings. The van der Waals surface area contributed by atoms with Gasteiger partial charge in [0.05, 0.1) is 30.8 Å². The number of carbonyl (C=O) groups excluding carboxylic acids is 1. The number of carbonyl (C=O) groups is 1. The van der Waals surface area contributed by atoms with Gasteiger partial charge in [0.25, 0.3) is 11.6 Å². The van der Waals surface area contributed by atoms with Crippen LogP contribution in [0.4, 0.5) is 11.4 Å². The molecule has 0 atom stereocenters. The Balaban J connectivity index is 1.66. The number of nitrogens with zero attached hydrogens (tertiary/aromatic N) is 1. The number of hydrogen-bond acceptors (Lipinski definition) is 6. The van der Waals surface area contributed by atoms with Crippen LogP contribution in [-0.2, 0) is 16.1 Å². The molecule has 0 saturated heterocycles. The van der Waals surface area contributed by atoms with E-state index in [4.69, 9.17) is 25.8 Å². The molecule has 0 aliphatic carbocycles. The Kier molecular flexibility index (Phi) is 6.10. The number of amides is 1. The first kappa shape index (κ1) is 18.9. The van der Waals surface area contributed by atoms with E-state index in [0.717, 1.165) is 5.56 Å². The molecule has 142 valence electrons. The molecular weight excluding hydrogens is 376 g/mol. The Morgan fingerprint density at radius 2 is 1.93 bits per heavy atom. The SMILES string of the molecule is O=C(COCc1ccccc1Cl)Nc1cc2c(cc1[N+](=O)[O-])OCCCO2. The van der Waals surface area contributed by atoms with E-state index in [1.165, 1.54) is 12.1 Å². The number of nitro groups is 1. The molecule has 0 unspecified atom stereocenters. The zero-order valence-corrected chi connectivity index (χ0v) is 15.0. The van der Waals surface area contributed by atoms with E-state index in [1.807, 2.05) is 6.07 Å². The Morgan fingerprint density at radius 3 is 2.63 bits per heavy atom. The molecule has 8 nitrogen and oxygen atoms in total. The number of benzene rings is 2. The standard InChI is InChI=1S/C18H17ClN2O6/c19-13-5-2-1-4-12(13)10-25-11-18(22)20-14-8-16-17(9-15(14)21(23)24)27-7-3-6-26-16/h1-2,4-5,8-9H,3,6-7,10-11H2,(H,20,22). The lowest BCUT2D eigenvalue weighted by molar-refractivity contribution is -0.384. The minimum absolute atomic E-state index is 0.0237. The predicted molar refractivity (Wildman–Crippen MR) is 98.4 cm³/mol. The molecule has 2 aromatic rings. The average Bonchev–Trinajstić information content (AvgIpc) is 2.87. The van der Waals surface area contributed by atoms with E-state index in [2.05, 4.69) is 5.32 Å².